The van der Waals surface area contributed by atoms with Crippen molar-refractivity contribution < 1.29 is 9.53 Å². The molecule has 1 N–H and O–H groups in total. The van der Waals surface area contributed by atoms with E-state index >= 15 is 0 Å². The normalized spacial score (nSPS) is 10.7. The lowest BCUT2D eigenvalue weighted by Crippen LogP contribution is -1.94. The second-order valence-electron chi connectivity index (χ2n) is 2.32. The van der Waals surface area contributed by atoms with E-state index in [-0.39, 0.29) is 0 Å². The minimum atomic E-state index is -0.844. The molecule has 0 unspecified atom stereocenters. The molecule has 0 aromatic heterocycles. The molecule has 11 heavy (non-hydrogen) atoms. The molecule has 0 fully saturated rings. The second-order valence-corrected chi connectivity index (χ2v) is 3.27. The van der Waals surface area contributed by atoms with Crippen molar-refractivity contribution in [1.82, 2.24) is 0 Å². The molecule has 0 bridgehead atoms. The third-order valence-electron chi connectivity index (χ3n) is 1.56. The molecule has 0 radical (unpaired) electrons. The van der Waals surface area contributed by atoms with E-state index in [0.717, 1.165) is 11.8 Å². The molecular weight excluding hydrogens is 156 g/mol. The highest BCUT2D eigenvalue weighted by atomic mass is 28.2. The number of hydrogen-bond donors (Lipinski definition) is 1. The van der Waals surface area contributed by atoms with Gasteiger partial charge in [0.05, 0.1) is 7.11 Å². The van der Waals surface area contributed by atoms with E-state index in [9.17, 15) is 0 Å². The first-order valence-electron chi connectivity index (χ1n) is 3.60. The Hall–Kier alpha value is -0.803. The molecular formula is C8H12O2Si. The van der Waals surface area contributed by atoms with E-state index in [1.165, 1.54) is 5.56 Å². The fraction of sp³-hybridized carbons (Fsp3) is 0.250. The molecule has 0 atom stereocenters. The summed E-state index contributed by atoms with van der Waals surface area (Å²) in [7, 11) is 0.805. The Morgan fingerprint density at radius 2 is 2.00 bits per heavy atom. The van der Waals surface area contributed by atoms with E-state index in [1.807, 2.05) is 24.3 Å². The van der Waals surface area contributed by atoms with Crippen molar-refractivity contribution in [2.45, 2.75) is 6.04 Å². The van der Waals surface area contributed by atoms with Gasteiger partial charge in [-0.25, -0.2) is 0 Å². The van der Waals surface area contributed by atoms with Crippen LogP contribution in [0.2, 0.25) is 0 Å². The summed E-state index contributed by atoms with van der Waals surface area (Å²) >= 11 is 0. The molecule has 0 aliphatic rings. The van der Waals surface area contributed by atoms with E-state index in [0.29, 0.717) is 0 Å². The van der Waals surface area contributed by atoms with Gasteiger partial charge in [0.25, 0.3) is 0 Å². The summed E-state index contributed by atoms with van der Waals surface area (Å²) in [5.41, 5.74) is 1.19. The standard InChI is InChI=1S/C8H12O2Si/c1-10-8-4-2-7(3-5-8)6-11-9/h2-5,9H,6,11H2,1H3. The molecule has 3 heteroatoms. The summed E-state index contributed by atoms with van der Waals surface area (Å²) in [6.07, 6.45) is 0. The molecule has 1 rings (SSSR count). The van der Waals surface area contributed by atoms with Crippen molar-refractivity contribution in [1.29, 1.82) is 0 Å². The molecule has 0 saturated heterocycles. The maximum Gasteiger partial charge on any atom is 0.161 e. The van der Waals surface area contributed by atoms with Gasteiger partial charge in [-0.15, -0.1) is 0 Å². The molecule has 60 valence electrons. The smallest absolute Gasteiger partial charge is 0.161 e. The molecule has 0 aliphatic carbocycles. The van der Waals surface area contributed by atoms with Crippen LogP contribution in [0.3, 0.4) is 0 Å². The topological polar surface area (TPSA) is 29.5 Å². The first kappa shape index (κ1) is 8.29. The summed E-state index contributed by atoms with van der Waals surface area (Å²) in [6.45, 7) is 0. The van der Waals surface area contributed by atoms with Gasteiger partial charge in [-0.2, -0.15) is 0 Å². The van der Waals surface area contributed by atoms with E-state index < -0.39 is 9.76 Å². The molecule has 0 aliphatic heterocycles. The largest absolute Gasteiger partial charge is 0.497 e. The zero-order valence-electron chi connectivity index (χ0n) is 6.58. The lowest BCUT2D eigenvalue weighted by Gasteiger charge is -2.00. The summed E-state index contributed by atoms with van der Waals surface area (Å²) in [4.78, 5) is 8.75. The van der Waals surface area contributed by atoms with Crippen LogP contribution in [-0.4, -0.2) is 21.7 Å². The zero-order valence-corrected chi connectivity index (χ0v) is 7.99. The van der Waals surface area contributed by atoms with Crippen LogP contribution in [0.15, 0.2) is 24.3 Å². The Bertz CT molecular complexity index is 208. The van der Waals surface area contributed by atoms with Gasteiger partial charge < -0.3 is 9.53 Å². The van der Waals surface area contributed by atoms with Crippen LogP contribution >= 0.6 is 0 Å². The molecule has 0 spiro atoms. The number of hydrogen-bond acceptors (Lipinski definition) is 2. The third kappa shape index (κ3) is 2.36. The maximum absolute atomic E-state index is 8.75. The van der Waals surface area contributed by atoms with Gasteiger partial charge in [0.1, 0.15) is 5.75 Å². The summed E-state index contributed by atoms with van der Waals surface area (Å²) in [6, 6.07) is 8.66. The monoisotopic (exact) mass is 168 g/mol. The van der Waals surface area contributed by atoms with Crippen LogP contribution in [0.1, 0.15) is 5.56 Å². The van der Waals surface area contributed by atoms with Crippen molar-refractivity contribution in [3.63, 3.8) is 0 Å². The van der Waals surface area contributed by atoms with Crippen LogP contribution < -0.4 is 4.74 Å². The van der Waals surface area contributed by atoms with Gasteiger partial charge in [0.2, 0.25) is 0 Å². The minimum Gasteiger partial charge on any atom is -0.497 e. The molecule has 0 heterocycles. The average Bonchev–Trinajstić information content (AvgIpc) is 2.07. The first-order chi connectivity index (χ1) is 5.36. The van der Waals surface area contributed by atoms with Crippen LogP contribution in [0.25, 0.3) is 0 Å². The minimum absolute atomic E-state index is 0.844. The van der Waals surface area contributed by atoms with Crippen molar-refractivity contribution in [2.24, 2.45) is 0 Å². The Labute approximate surface area is 68.8 Å². The lowest BCUT2D eigenvalue weighted by molar-refractivity contribution is 0.414. The van der Waals surface area contributed by atoms with Crippen LogP contribution in [0.4, 0.5) is 0 Å². The fourth-order valence-corrected chi connectivity index (χ4v) is 1.51. The lowest BCUT2D eigenvalue weighted by atomic mass is 10.2. The predicted molar refractivity (Wildman–Crippen MR) is 47.5 cm³/mol. The van der Waals surface area contributed by atoms with E-state index in [2.05, 4.69) is 0 Å². The van der Waals surface area contributed by atoms with Crippen molar-refractivity contribution in [3.8, 4) is 5.75 Å². The zero-order chi connectivity index (χ0) is 8.10. The first-order valence-corrected chi connectivity index (χ1v) is 5.24. The van der Waals surface area contributed by atoms with Gasteiger partial charge in [0.15, 0.2) is 9.76 Å². The summed E-state index contributed by atoms with van der Waals surface area (Å²) in [5.74, 6) is 0.869. The number of benzene rings is 1. The van der Waals surface area contributed by atoms with Crippen LogP contribution in [0, 0.1) is 0 Å². The highest BCUT2D eigenvalue weighted by Gasteiger charge is 1.92. The van der Waals surface area contributed by atoms with E-state index in [1.54, 1.807) is 7.11 Å². The van der Waals surface area contributed by atoms with Gasteiger partial charge >= 0.3 is 0 Å². The van der Waals surface area contributed by atoms with Gasteiger partial charge in [-0.1, -0.05) is 12.1 Å². The highest BCUT2D eigenvalue weighted by Crippen LogP contribution is 2.10. The Balaban J connectivity index is 2.66. The van der Waals surface area contributed by atoms with Crippen molar-refractivity contribution >= 4 is 9.76 Å². The Morgan fingerprint density at radius 1 is 1.36 bits per heavy atom. The van der Waals surface area contributed by atoms with Crippen LogP contribution in [0.5, 0.6) is 5.75 Å². The van der Waals surface area contributed by atoms with Crippen molar-refractivity contribution in [2.75, 3.05) is 7.11 Å². The van der Waals surface area contributed by atoms with E-state index in [4.69, 9.17) is 9.53 Å². The summed E-state index contributed by atoms with van der Waals surface area (Å²) in [5, 5.41) is 0. The molecule has 1 aromatic rings. The number of ether oxygens (including phenoxy) is 1. The molecule has 1 aromatic carbocycles. The Morgan fingerprint density at radius 3 is 2.45 bits per heavy atom. The Kier molecular flexibility index (Phi) is 3.13. The van der Waals surface area contributed by atoms with Gasteiger partial charge in [-0.3, -0.25) is 0 Å². The number of rotatable bonds is 3. The SMILES string of the molecule is COc1ccc(C[SiH2]O)cc1. The molecule has 0 saturated carbocycles. The summed E-state index contributed by atoms with van der Waals surface area (Å²) < 4.78 is 5.00. The fourth-order valence-electron chi connectivity index (χ4n) is 0.921. The molecule has 2 nitrogen and oxygen atoms in total. The predicted octanol–water partition coefficient (Wildman–Crippen LogP) is 0.271. The van der Waals surface area contributed by atoms with Crippen LogP contribution in [-0.2, 0) is 6.04 Å². The van der Waals surface area contributed by atoms with Crippen molar-refractivity contribution in [3.05, 3.63) is 29.8 Å². The van der Waals surface area contributed by atoms with Gasteiger partial charge in [-0.05, 0) is 23.7 Å². The maximum atomic E-state index is 8.75. The highest BCUT2D eigenvalue weighted by molar-refractivity contribution is 6.24. The average molecular weight is 168 g/mol. The molecule has 0 amide bonds. The number of methoxy groups -OCH3 is 1. The third-order valence-corrected chi connectivity index (χ3v) is 2.36. The van der Waals surface area contributed by atoms with Gasteiger partial charge in [0, 0.05) is 0 Å². The quantitative estimate of drug-likeness (QED) is 0.657. The second kappa shape index (κ2) is 4.15.